The first-order chi connectivity index (χ1) is 3.66. The van der Waals surface area contributed by atoms with Gasteiger partial charge in [-0.2, -0.15) is 0 Å². The molecule has 0 aliphatic carbocycles. The van der Waals surface area contributed by atoms with Crippen LogP contribution >= 0.6 is 0 Å². The SMILES string of the molecule is CC(N)CC(=O)NN. The predicted molar refractivity (Wildman–Crippen MR) is 30.6 cm³/mol. The third kappa shape index (κ3) is 3.58. The molecule has 1 unspecified atom stereocenters. The van der Waals surface area contributed by atoms with Crippen LogP contribution in [0.2, 0.25) is 0 Å². The summed E-state index contributed by atoms with van der Waals surface area (Å²) < 4.78 is 0. The molecule has 0 aromatic heterocycles. The van der Waals surface area contributed by atoms with E-state index in [1.54, 1.807) is 6.92 Å². The van der Waals surface area contributed by atoms with Gasteiger partial charge in [0.2, 0.25) is 5.91 Å². The number of carbonyl (C=O) groups is 1. The molecule has 4 nitrogen and oxygen atoms in total. The van der Waals surface area contributed by atoms with Gasteiger partial charge in [-0.3, -0.25) is 10.2 Å². The quantitative estimate of drug-likeness (QED) is 0.239. The maximum absolute atomic E-state index is 10.3. The molecule has 8 heavy (non-hydrogen) atoms. The average molecular weight is 117 g/mol. The van der Waals surface area contributed by atoms with Gasteiger partial charge in [0.1, 0.15) is 0 Å². The van der Waals surface area contributed by atoms with E-state index in [1.165, 1.54) is 0 Å². The van der Waals surface area contributed by atoms with Gasteiger partial charge in [0.05, 0.1) is 0 Å². The van der Waals surface area contributed by atoms with E-state index in [4.69, 9.17) is 11.6 Å². The second kappa shape index (κ2) is 3.40. The van der Waals surface area contributed by atoms with E-state index in [1.807, 2.05) is 5.43 Å². The molecule has 0 heterocycles. The Hall–Kier alpha value is -0.610. The molecule has 5 N–H and O–H groups in total. The summed E-state index contributed by atoms with van der Waals surface area (Å²) in [7, 11) is 0. The summed E-state index contributed by atoms with van der Waals surface area (Å²) in [4.78, 5) is 10.3. The van der Waals surface area contributed by atoms with Crippen LogP contribution in [0.3, 0.4) is 0 Å². The van der Waals surface area contributed by atoms with Gasteiger partial charge in [0.15, 0.2) is 0 Å². The molecule has 0 spiro atoms. The minimum atomic E-state index is -0.222. The van der Waals surface area contributed by atoms with Crippen LogP contribution in [0.4, 0.5) is 0 Å². The summed E-state index contributed by atoms with van der Waals surface area (Å²) in [6, 6.07) is -0.112. The third-order valence-electron chi connectivity index (χ3n) is 0.668. The van der Waals surface area contributed by atoms with Crippen molar-refractivity contribution in [2.45, 2.75) is 19.4 Å². The van der Waals surface area contributed by atoms with Gasteiger partial charge in [-0.05, 0) is 6.92 Å². The lowest BCUT2D eigenvalue weighted by Gasteiger charge is -2.00. The fourth-order valence-corrected chi connectivity index (χ4v) is 0.351. The number of nitrogens with two attached hydrogens (primary N) is 2. The minimum Gasteiger partial charge on any atom is -0.327 e. The van der Waals surface area contributed by atoms with E-state index in [-0.39, 0.29) is 18.4 Å². The first-order valence-electron chi connectivity index (χ1n) is 2.42. The second-order valence-electron chi connectivity index (χ2n) is 1.75. The van der Waals surface area contributed by atoms with Crippen LogP contribution in [-0.2, 0) is 4.79 Å². The van der Waals surface area contributed by atoms with Crippen molar-refractivity contribution in [3.63, 3.8) is 0 Å². The summed E-state index contributed by atoms with van der Waals surface area (Å²) in [5, 5.41) is 0. The molecular weight excluding hydrogens is 106 g/mol. The minimum absolute atomic E-state index is 0.112. The van der Waals surface area contributed by atoms with E-state index in [0.717, 1.165) is 0 Å². The molecule has 0 rings (SSSR count). The fraction of sp³-hybridized carbons (Fsp3) is 0.750. The van der Waals surface area contributed by atoms with Crippen molar-refractivity contribution < 1.29 is 4.79 Å². The molecule has 1 atom stereocenters. The molecule has 0 bridgehead atoms. The van der Waals surface area contributed by atoms with Crippen LogP contribution in [0.1, 0.15) is 13.3 Å². The van der Waals surface area contributed by atoms with Crippen molar-refractivity contribution in [3.05, 3.63) is 0 Å². The highest BCUT2D eigenvalue weighted by atomic mass is 16.2. The predicted octanol–water partition coefficient (Wildman–Crippen LogP) is -1.29. The van der Waals surface area contributed by atoms with Gasteiger partial charge in [-0.1, -0.05) is 0 Å². The van der Waals surface area contributed by atoms with Gasteiger partial charge in [0.25, 0.3) is 0 Å². The third-order valence-corrected chi connectivity index (χ3v) is 0.668. The Bertz CT molecular complexity index is 81.4. The molecule has 1 amide bonds. The molecule has 0 saturated heterocycles. The standard InChI is InChI=1S/C4H11N3O/c1-3(5)2-4(8)7-6/h3H,2,5-6H2,1H3,(H,7,8). The van der Waals surface area contributed by atoms with Crippen molar-refractivity contribution in [1.82, 2.24) is 5.43 Å². The Morgan fingerprint density at radius 3 is 2.50 bits per heavy atom. The largest absolute Gasteiger partial charge is 0.327 e. The highest BCUT2D eigenvalue weighted by Crippen LogP contribution is 1.81. The second-order valence-corrected chi connectivity index (χ2v) is 1.75. The molecule has 0 saturated carbocycles. The molecule has 4 heteroatoms. The zero-order valence-electron chi connectivity index (χ0n) is 4.85. The Morgan fingerprint density at radius 1 is 1.88 bits per heavy atom. The van der Waals surface area contributed by atoms with Gasteiger partial charge in [-0.25, -0.2) is 5.84 Å². The number of nitrogens with one attached hydrogen (secondary N) is 1. The molecule has 48 valence electrons. The maximum Gasteiger partial charge on any atom is 0.235 e. The van der Waals surface area contributed by atoms with Gasteiger partial charge < -0.3 is 5.73 Å². The van der Waals surface area contributed by atoms with Crippen LogP contribution in [0.15, 0.2) is 0 Å². The Balaban J connectivity index is 3.25. The fourth-order valence-electron chi connectivity index (χ4n) is 0.351. The normalized spacial score (nSPS) is 12.9. The van der Waals surface area contributed by atoms with Gasteiger partial charge in [0, 0.05) is 12.5 Å². The first-order valence-corrected chi connectivity index (χ1v) is 2.42. The number of rotatable bonds is 2. The Kier molecular flexibility index (Phi) is 3.14. The summed E-state index contributed by atoms with van der Waals surface area (Å²) in [5.41, 5.74) is 7.23. The summed E-state index contributed by atoms with van der Waals surface area (Å²) in [5.74, 6) is 4.54. The lowest BCUT2D eigenvalue weighted by Crippen LogP contribution is -2.34. The molecule has 0 radical (unpaired) electrons. The smallest absolute Gasteiger partial charge is 0.235 e. The topological polar surface area (TPSA) is 81.1 Å². The Labute approximate surface area is 48.2 Å². The number of hydrogen-bond donors (Lipinski definition) is 3. The molecule has 0 aliphatic heterocycles. The van der Waals surface area contributed by atoms with Crippen LogP contribution in [0.5, 0.6) is 0 Å². The number of hydrogen-bond acceptors (Lipinski definition) is 3. The van der Waals surface area contributed by atoms with Crippen molar-refractivity contribution in [1.29, 1.82) is 0 Å². The monoisotopic (exact) mass is 117 g/mol. The van der Waals surface area contributed by atoms with Crippen molar-refractivity contribution >= 4 is 5.91 Å². The van der Waals surface area contributed by atoms with Crippen LogP contribution < -0.4 is 17.0 Å². The lowest BCUT2D eigenvalue weighted by atomic mass is 10.2. The van der Waals surface area contributed by atoms with E-state index in [0.29, 0.717) is 0 Å². The summed E-state index contributed by atoms with van der Waals surface area (Å²) >= 11 is 0. The van der Waals surface area contributed by atoms with E-state index < -0.39 is 0 Å². The molecule has 0 aliphatic rings. The van der Waals surface area contributed by atoms with Crippen molar-refractivity contribution in [3.8, 4) is 0 Å². The Morgan fingerprint density at radius 2 is 2.38 bits per heavy atom. The van der Waals surface area contributed by atoms with Crippen molar-refractivity contribution in [2.24, 2.45) is 11.6 Å². The summed E-state index contributed by atoms with van der Waals surface area (Å²) in [6.45, 7) is 1.75. The average Bonchev–Trinajstić information content (AvgIpc) is 1.65. The van der Waals surface area contributed by atoms with Crippen molar-refractivity contribution in [2.75, 3.05) is 0 Å². The van der Waals surface area contributed by atoms with Crippen LogP contribution in [0, 0.1) is 0 Å². The highest BCUT2D eigenvalue weighted by molar-refractivity contribution is 5.75. The molecule has 0 fully saturated rings. The highest BCUT2D eigenvalue weighted by Gasteiger charge is 2.00. The number of hydrazine groups is 1. The van der Waals surface area contributed by atoms with E-state index >= 15 is 0 Å². The number of carbonyl (C=O) groups excluding carboxylic acids is 1. The zero-order valence-corrected chi connectivity index (χ0v) is 4.85. The molecule has 0 aromatic rings. The zero-order chi connectivity index (χ0) is 6.57. The summed E-state index contributed by atoms with van der Waals surface area (Å²) in [6.07, 6.45) is 0.288. The maximum atomic E-state index is 10.3. The van der Waals surface area contributed by atoms with E-state index in [9.17, 15) is 4.79 Å². The number of amides is 1. The van der Waals surface area contributed by atoms with Gasteiger partial charge in [-0.15, -0.1) is 0 Å². The van der Waals surface area contributed by atoms with Gasteiger partial charge >= 0.3 is 0 Å². The van der Waals surface area contributed by atoms with Crippen LogP contribution in [0.25, 0.3) is 0 Å². The van der Waals surface area contributed by atoms with Crippen LogP contribution in [-0.4, -0.2) is 11.9 Å². The lowest BCUT2D eigenvalue weighted by molar-refractivity contribution is -0.121. The molecule has 0 aromatic carbocycles. The molecular formula is C4H11N3O. The first kappa shape index (κ1) is 7.39. The van der Waals surface area contributed by atoms with E-state index in [2.05, 4.69) is 0 Å².